The maximum Gasteiger partial charge on any atom is 0.133 e. The van der Waals surface area contributed by atoms with Crippen molar-refractivity contribution in [2.45, 2.75) is 19.4 Å². The second kappa shape index (κ2) is 9.31. The quantitative estimate of drug-likeness (QED) is 0.707. The highest BCUT2D eigenvalue weighted by molar-refractivity contribution is 9.10. The molecule has 19 heavy (non-hydrogen) atoms. The zero-order valence-corrected chi connectivity index (χ0v) is 13.1. The van der Waals surface area contributed by atoms with E-state index in [9.17, 15) is 0 Å². The summed E-state index contributed by atoms with van der Waals surface area (Å²) in [5, 5.41) is 0. The second-order valence-corrected chi connectivity index (χ2v) is 5.14. The summed E-state index contributed by atoms with van der Waals surface area (Å²) >= 11 is 3.48. The van der Waals surface area contributed by atoms with Crippen LogP contribution in [0.1, 0.15) is 24.9 Å². The van der Waals surface area contributed by atoms with Crippen LogP contribution in [0.15, 0.2) is 22.7 Å². The molecule has 0 bridgehead atoms. The SMILES string of the molecule is COCCCOCCOc1ccc([C@@H](C)N)cc1Br. The average molecular weight is 332 g/mol. The van der Waals surface area contributed by atoms with Gasteiger partial charge in [-0.2, -0.15) is 0 Å². The molecule has 0 aliphatic carbocycles. The predicted molar refractivity (Wildman–Crippen MR) is 79.6 cm³/mol. The highest BCUT2D eigenvalue weighted by atomic mass is 79.9. The third kappa shape index (κ3) is 6.38. The molecule has 0 radical (unpaired) electrons. The van der Waals surface area contributed by atoms with Gasteiger partial charge in [0, 0.05) is 26.4 Å². The number of hydrogen-bond donors (Lipinski definition) is 1. The van der Waals surface area contributed by atoms with Gasteiger partial charge in [0.1, 0.15) is 12.4 Å². The van der Waals surface area contributed by atoms with Crippen molar-refractivity contribution in [3.05, 3.63) is 28.2 Å². The summed E-state index contributed by atoms with van der Waals surface area (Å²) < 4.78 is 16.9. The molecule has 4 nitrogen and oxygen atoms in total. The molecule has 108 valence electrons. The summed E-state index contributed by atoms with van der Waals surface area (Å²) in [5.41, 5.74) is 6.90. The first kappa shape index (κ1) is 16.4. The Bertz CT molecular complexity index is 372. The highest BCUT2D eigenvalue weighted by Crippen LogP contribution is 2.27. The first-order valence-electron chi connectivity index (χ1n) is 6.39. The predicted octanol–water partition coefficient (Wildman–Crippen LogP) is 2.90. The van der Waals surface area contributed by atoms with Crippen molar-refractivity contribution in [2.75, 3.05) is 33.5 Å². The molecule has 1 rings (SSSR count). The molecule has 0 aromatic heterocycles. The van der Waals surface area contributed by atoms with Crippen LogP contribution in [0.3, 0.4) is 0 Å². The van der Waals surface area contributed by atoms with Gasteiger partial charge in [0.15, 0.2) is 0 Å². The fourth-order valence-electron chi connectivity index (χ4n) is 1.54. The van der Waals surface area contributed by atoms with Crippen molar-refractivity contribution in [1.29, 1.82) is 0 Å². The van der Waals surface area contributed by atoms with E-state index in [1.165, 1.54) is 0 Å². The smallest absolute Gasteiger partial charge is 0.133 e. The van der Waals surface area contributed by atoms with Gasteiger partial charge in [-0.15, -0.1) is 0 Å². The van der Waals surface area contributed by atoms with Crippen LogP contribution in [0, 0.1) is 0 Å². The number of nitrogens with two attached hydrogens (primary N) is 1. The van der Waals surface area contributed by atoms with Crippen molar-refractivity contribution < 1.29 is 14.2 Å². The minimum absolute atomic E-state index is 0.0227. The molecule has 1 aromatic carbocycles. The molecular formula is C14H22BrNO3. The molecule has 0 unspecified atom stereocenters. The molecule has 0 saturated heterocycles. The minimum Gasteiger partial charge on any atom is -0.490 e. The number of rotatable bonds is 9. The van der Waals surface area contributed by atoms with Crippen molar-refractivity contribution in [3.63, 3.8) is 0 Å². The lowest BCUT2D eigenvalue weighted by Crippen LogP contribution is -2.09. The first-order chi connectivity index (χ1) is 9.15. The number of ether oxygens (including phenoxy) is 3. The Morgan fingerprint density at radius 3 is 2.63 bits per heavy atom. The summed E-state index contributed by atoms with van der Waals surface area (Å²) in [5.74, 6) is 0.810. The summed E-state index contributed by atoms with van der Waals surface area (Å²) in [6.45, 7) is 4.48. The van der Waals surface area contributed by atoms with Crippen molar-refractivity contribution in [1.82, 2.24) is 0 Å². The molecule has 0 aliphatic heterocycles. The molecule has 0 heterocycles. The van der Waals surface area contributed by atoms with Crippen LogP contribution >= 0.6 is 15.9 Å². The Kier molecular flexibility index (Phi) is 8.05. The molecule has 0 spiro atoms. The Morgan fingerprint density at radius 1 is 1.21 bits per heavy atom. The standard InChI is InChI=1S/C14H22BrNO3/c1-11(16)12-4-5-14(13(15)10-12)19-9-8-18-7-3-6-17-2/h4-5,10-11H,3,6-9,16H2,1-2H3/t11-/m1/s1. The van der Waals surface area contributed by atoms with Crippen molar-refractivity contribution >= 4 is 15.9 Å². The van der Waals surface area contributed by atoms with E-state index in [0.29, 0.717) is 19.8 Å². The van der Waals surface area contributed by atoms with Crippen LogP contribution < -0.4 is 10.5 Å². The van der Waals surface area contributed by atoms with E-state index in [0.717, 1.165) is 28.8 Å². The van der Waals surface area contributed by atoms with E-state index < -0.39 is 0 Å². The van der Waals surface area contributed by atoms with Crippen LogP contribution in [-0.2, 0) is 9.47 Å². The number of methoxy groups -OCH3 is 1. The number of halogens is 1. The van der Waals surface area contributed by atoms with Crippen LogP contribution in [0.5, 0.6) is 5.75 Å². The van der Waals surface area contributed by atoms with E-state index in [1.807, 2.05) is 25.1 Å². The largest absolute Gasteiger partial charge is 0.490 e. The monoisotopic (exact) mass is 331 g/mol. The lowest BCUT2D eigenvalue weighted by Gasteiger charge is -2.11. The van der Waals surface area contributed by atoms with E-state index in [-0.39, 0.29) is 6.04 Å². The Labute approximate surface area is 123 Å². The Hall–Kier alpha value is -0.620. The van der Waals surface area contributed by atoms with Gasteiger partial charge in [-0.25, -0.2) is 0 Å². The molecule has 0 aliphatic rings. The van der Waals surface area contributed by atoms with Gasteiger partial charge >= 0.3 is 0 Å². The first-order valence-corrected chi connectivity index (χ1v) is 7.19. The van der Waals surface area contributed by atoms with Gasteiger partial charge in [-0.1, -0.05) is 6.07 Å². The summed E-state index contributed by atoms with van der Waals surface area (Å²) in [4.78, 5) is 0. The molecule has 2 N–H and O–H groups in total. The van der Waals surface area contributed by atoms with Crippen LogP contribution in [0.2, 0.25) is 0 Å². The molecule has 1 atom stereocenters. The Balaban J connectivity index is 2.26. The van der Waals surface area contributed by atoms with Crippen LogP contribution in [0.4, 0.5) is 0 Å². The van der Waals surface area contributed by atoms with Gasteiger partial charge in [-0.05, 0) is 47.0 Å². The van der Waals surface area contributed by atoms with Crippen molar-refractivity contribution in [3.8, 4) is 5.75 Å². The topological polar surface area (TPSA) is 53.7 Å². The van der Waals surface area contributed by atoms with Gasteiger partial charge < -0.3 is 19.9 Å². The number of benzene rings is 1. The molecular weight excluding hydrogens is 310 g/mol. The van der Waals surface area contributed by atoms with Gasteiger partial charge in [0.25, 0.3) is 0 Å². The average Bonchev–Trinajstić information content (AvgIpc) is 2.39. The van der Waals surface area contributed by atoms with E-state index in [1.54, 1.807) is 7.11 Å². The zero-order valence-electron chi connectivity index (χ0n) is 11.5. The molecule has 0 amide bonds. The summed E-state index contributed by atoms with van der Waals surface area (Å²) in [7, 11) is 1.69. The fraction of sp³-hybridized carbons (Fsp3) is 0.571. The second-order valence-electron chi connectivity index (χ2n) is 4.29. The van der Waals surface area contributed by atoms with Crippen LogP contribution in [0.25, 0.3) is 0 Å². The maximum absolute atomic E-state index is 5.82. The third-order valence-electron chi connectivity index (χ3n) is 2.60. The summed E-state index contributed by atoms with van der Waals surface area (Å²) in [6, 6.07) is 5.91. The third-order valence-corrected chi connectivity index (χ3v) is 3.22. The van der Waals surface area contributed by atoms with Gasteiger partial charge in [-0.3, -0.25) is 0 Å². The zero-order chi connectivity index (χ0) is 14.1. The summed E-state index contributed by atoms with van der Waals surface area (Å²) in [6.07, 6.45) is 0.906. The maximum atomic E-state index is 5.82. The number of hydrogen-bond acceptors (Lipinski definition) is 4. The van der Waals surface area contributed by atoms with Crippen LogP contribution in [-0.4, -0.2) is 33.5 Å². The van der Waals surface area contributed by atoms with Gasteiger partial charge in [0.05, 0.1) is 11.1 Å². The lowest BCUT2D eigenvalue weighted by atomic mass is 10.1. The molecule has 5 heteroatoms. The van der Waals surface area contributed by atoms with Crippen molar-refractivity contribution in [2.24, 2.45) is 5.73 Å². The van der Waals surface area contributed by atoms with E-state index in [2.05, 4.69) is 15.9 Å². The molecule has 1 aromatic rings. The van der Waals surface area contributed by atoms with E-state index >= 15 is 0 Å². The van der Waals surface area contributed by atoms with Gasteiger partial charge in [0.2, 0.25) is 0 Å². The molecule has 0 fully saturated rings. The molecule has 0 saturated carbocycles. The van der Waals surface area contributed by atoms with E-state index in [4.69, 9.17) is 19.9 Å². The lowest BCUT2D eigenvalue weighted by molar-refractivity contribution is 0.0805. The highest BCUT2D eigenvalue weighted by Gasteiger charge is 2.05. The fourth-order valence-corrected chi connectivity index (χ4v) is 2.05. The normalized spacial score (nSPS) is 12.4. The Morgan fingerprint density at radius 2 is 2.00 bits per heavy atom. The minimum atomic E-state index is 0.0227.